The van der Waals surface area contributed by atoms with Crippen LogP contribution in [0.5, 0.6) is 5.75 Å². The Morgan fingerprint density at radius 1 is 1.19 bits per heavy atom. The molecule has 10 heteroatoms. The molecule has 0 atom stereocenters. The predicted octanol–water partition coefficient (Wildman–Crippen LogP) is 3.77. The van der Waals surface area contributed by atoms with Gasteiger partial charge in [-0.25, -0.2) is 12.7 Å². The number of alkyl halides is 3. The van der Waals surface area contributed by atoms with Gasteiger partial charge in [-0.2, -0.15) is 13.2 Å². The third-order valence-electron chi connectivity index (χ3n) is 3.43. The molecule has 0 aliphatic carbocycles. The molecule has 0 radical (unpaired) electrons. The summed E-state index contributed by atoms with van der Waals surface area (Å²) in [4.78, 5) is 11.8. The first-order valence-corrected chi connectivity index (χ1v) is 9.81. The monoisotopic (exact) mass is 407 g/mol. The van der Waals surface area contributed by atoms with E-state index in [2.05, 4.69) is 0 Å². The maximum atomic E-state index is 12.9. The summed E-state index contributed by atoms with van der Waals surface area (Å²) in [5.41, 5.74) is -1.04. The van der Waals surface area contributed by atoms with E-state index in [-0.39, 0.29) is 23.6 Å². The summed E-state index contributed by atoms with van der Waals surface area (Å²) in [6.07, 6.45) is -4.73. The second-order valence-electron chi connectivity index (χ2n) is 5.33. The molecule has 0 saturated heterocycles. The molecule has 0 fully saturated rings. The van der Waals surface area contributed by atoms with Crippen LogP contribution in [0.15, 0.2) is 46.0 Å². The van der Waals surface area contributed by atoms with E-state index >= 15 is 0 Å². The Balaban J connectivity index is 1.91. The molecule has 0 amide bonds. The van der Waals surface area contributed by atoms with Gasteiger partial charge in [0.1, 0.15) is 9.96 Å². The van der Waals surface area contributed by atoms with Gasteiger partial charge >= 0.3 is 12.1 Å². The lowest BCUT2D eigenvalue weighted by atomic mass is 10.2. The van der Waals surface area contributed by atoms with Crippen molar-refractivity contribution in [2.24, 2.45) is 0 Å². The summed E-state index contributed by atoms with van der Waals surface area (Å²) in [6, 6.07) is 7.50. The Labute approximate surface area is 153 Å². The predicted molar refractivity (Wildman–Crippen MR) is 90.4 cm³/mol. The average Bonchev–Trinajstić information content (AvgIpc) is 3.09. The second kappa shape index (κ2) is 8.19. The summed E-state index contributed by atoms with van der Waals surface area (Å²) in [6.45, 7) is 0.0379. The summed E-state index contributed by atoms with van der Waals surface area (Å²) in [5.74, 6) is -1.42. The lowest BCUT2D eigenvalue weighted by Crippen LogP contribution is -2.28. The number of carbonyl (C=O) groups excluding carboxylic acids is 1. The molecule has 0 unspecified atom stereocenters. The SMILES string of the molecule is CN(CCCC(=O)Oc1ccccc1C(F)(F)F)S(=O)(=O)c1cccs1. The Kier molecular flexibility index (Phi) is 6.43. The zero-order valence-corrected chi connectivity index (χ0v) is 15.3. The number of nitrogens with zero attached hydrogens (tertiary/aromatic N) is 1. The molecular weight excluding hydrogens is 391 g/mol. The van der Waals surface area contributed by atoms with Crippen LogP contribution in [0.4, 0.5) is 13.2 Å². The Hall–Kier alpha value is -1.91. The van der Waals surface area contributed by atoms with E-state index in [4.69, 9.17) is 4.74 Å². The van der Waals surface area contributed by atoms with Crippen LogP contribution in [-0.4, -0.2) is 32.3 Å². The van der Waals surface area contributed by atoms with Crippen molar-refractivity contribution in [3.63, 3.8) is 0 Å². The minimum absolute atomic E-state index is 0.0379. The zero-order valence-electron chi connectivity index (χ0n) is 13.7. The van der Waals surface area contributed by atoms with E-state index in [9.17, 15) is 26.4 Å². The first kappa shape index (κ1) is 20.4. The molecule has 142 valence electrons. The van der Waals surface area contributed by atoms with Gasteiger partial charge in [-0.15, -0.1) is 11.3 Å². The van der Waals surface area contributed by atoms with Gasteiger partial charge in [0, 0.05) is 20.0 Å². The highest BCUT2D eigenvalue weighted by Gasteiger charge is 2.34. The quantitative estimate of drug-likeness (QED) is 0.518. The third kappa shape index (κ3) is 5.05. The first-order chi connectivity index (χ1) is 12.1. The van der Waals surface area contributed by atoms with Crippen molar-refractivity contribution in [3.05, 3.63) is 47.3 Å². The second-order valence-corrected chi connectivity index (χ2v) is 8.55. The van der Waals surface area contributed by atoms with Gasteiger partial charge in [0.2, 0.25) is 0 Å². The van der Waals surface area contributed by atoms with Gasteiger partial charge in [0.05, 0.1) is 5.56 Å². The normalized spacial score (nSPS) is 12.3. The third-order valence-corrected chi connectivity index (χ3v) is 6.66. The lowest BCUT2D eigenvalue weighted by Gasteiger charge is -2.16. The largest absolute Gasteiger partial charge is 0.426 e. The number of sulfonamides is 1. The maximum Gasteiger partial charge on any atom is 0.419 e. The molecule has 0 N–H and O–H groups in total. The summed E-state index contributed by atoms with van der Waals surface area (Å²) in [7, 11) is -2.25. The van der Waals surface area contributed by atoms with Gasteiger partial charge in [0.15, 0.2) is 0 Å². The number of hydrogen-bond donors (Lipinski definition) is 0. The van der Waals surface area contributed by atoms with Crippen molar-refractivity contribution in [1.29, 1.82) is 0 Å². The van der Waals surface area contributed by atoms with E-state index in [0.29, 0.717) is 0 Å². The first-order valence-electron chi connectivity index (χ1n) is 7.49. The van der Waals surface area contributed by atoms with Crippen LogP contribution in [-0.2, 0) is 21.0 Å². The van der Waals surface area contributed by atoms with Gasteiger partial charge < -0.3 is 4.74 Å². The number of thiophene rings is 1. The molecule has 0 aliphatic rings. The molecule has 0 aliphatic heterocycles. The summed E-state index contributed by atoms with van der Waals surface area (Å²) < 4.78 is 69.1. The number of esters is 1. The van der Waals surface area contributed by atoms with Crippen LogP contribution in [0.25, 0.3) is 0 Å². The van der Waals surface area contributed by atoms with Gasteiger partial charge in [-0.3, -0.25) is 4.79 Å². The molecule has 0 bridgehead atoms. The lowest BCUT2D eigenvalue weighted by molar-refractivity contribution is -0.142. The standard InChI is InChI=1S/C16H16F3NO4S2/c1-20(26(22,23)15-9-5-11-25-15)10-4-8-14(21)24-13-7-3-2-6-12(13)16(17,18)19/h2-3,5-7,9,11H,4,8,10H2,1H3. The molecule has 1 aromatic heterocycles. The van der Waals surface area contributed by atoms with Crippen LogP contribution >= 0.6 is 11.3 Å². The van der Waals surface area contributed by atoms with Gasteiger partial charge in [-0.05, 0) is 30.0 Å². The molecule has 1 aromatic carbocycles. The minimum atomic E-state index is -4.63. The van der Waals surface area contributed by atoms with Crippen molar-refractivity contribution in [3.8, 4) is 5.75 Å². The Morgan fingerprint density at radius 3 is 2.50 bits per heavy atom. The number of ether oxygens (including phenoxy) is 1. The topological polar surface area (TPSA) is 63.7 Å². The van der Waals surface area contributed by atoms with E-state index in [1.165, 1.54) is 25.2 Å². The fraction of sp³-hybridized carbons (Fsp3) is 0.312. The van der Waals surface area contributed by atoms with E-state index in [0.717, 1.165) is 27.8 Å². The molecule has 5 nitrogen and oxygen atoms in total. The molecule has 0 saturated carbocycles. The number of rotatable bonds is 7. The van der Waals surface area contributed by atoms with E-state index < -0.39 is 33.5 Å². The Bertz CT molecular complexity index is 849. The summed E-state index contributed by atoms with van der Waals surface area (Å²) in [5, 5.41) is 1.64. The smallest absolute Gasteiger partial charge is 0.419 e. The molecular formula is C16H16F3NO4S2. The fourth-order valence-corrected chi connectivity index (χ4v) is 4.50. The molecule has 2 aromatic rings. The number of para-hydroxylation sites is 1. The summed E-state index contributed by atoms with van der Waals surface area (Å²) >= 11 is 1.08. The van der Waals surface area contributed by atoms with Crippen molar-refractivity contribution in [2.75, 3.05) is 13.6 Å². The fourth-order valence-electron chi connectivity index (χ4n) is 2.09. The van der Waals surface area contributed by atoms with Crippen molar-refractivity contribution < 1.29 is 31.1 Å². The van der Waals surface area contributed by atoms with Crippen LogP contribution in [0.3, 0.4) is 0 Å². The molecule has 0 spiro atoms. The highest BCUT2D eigenvalue weighted by molar-refractivity contribution is 7.91. The molecule has 2 rings (SSSR count). The van der Waals surface area contributed by atoms with E-state index in [1.54, 1.807) is 11.4 Å². The molecule has 1 heterocycles. The molecule has 26 heavy (non-hydrogen) atoms. The number of carbonyl (C=O) groups is 1. The van der Waals surface area contributed by atoms with Crippen LogP contribution in [0, 0.1) is 0 Å². The highest BCUT2D eigenvalue weighted by atomic mass is 32.2. The van der Waals surface area contributed by atoms with Crippen molar-refractivity contribution >= 4 is 27.3 Å². The number of hydrogen-bond acceptors (Lipinski definition) is 5. The minimum Gasteiger partial charge on any atom is -0.426 e. The van der Waals surface area contributed by atoms with E-state index in [1.807, 2.05) is 0 Å². The van der Waals surface area contributed by atoms with Crippen LogP contribution in [0.2, 0.25) is 0 Å². The zero-order chi connectivity index (χ0) is 19.4. The number of halogens is 3. The average molecular weight is 407 g/mol. The Morgan fingerprint density at radius 2 is 1.88 bits per heavy atom. The van der Waals surface area contributed by atoms with Crippen LogP contribution in [0.1, 0.15) is 18.4 Å². The number of benzene rings is 1. The van der Waals surface area contributed by atoms with Gasteiger partial charge in [-0.1, -0.05) is 18.2 Å². The highest BCUT2D eigenvalue weighted by Crippen LogP contribution is 2.36. The van der Waals surface area contributed by atoms with Crippen molar-refractivity contribution in [1.82, 2.24) is 4.31 Å². The van der Waals surface area contributed by atoms with Gasteiger partial charge in [0.25, 0.3) is 10.0 Å². The maximum absolute atomic E-state index is 12.9. The van der Waals surface area contributed by atoms with Crippen LogP contribution < -0.4 is 4.74 Å². The van der Waals surface area contributed by atoms with Crippen molar-refractivity contribution in [2.45, 2.75) is 23.2 Å².